The van der Waals surface area contributed by atoms with Crippen LogP contribution in [0, 0.1) is 0 Å². The van der Waals surface area contributed by atoms with Crippen LogP contribution in [-0.4, -0.2) is 25.4 Å². The van der Waals surface area contributed by atoms with Crippen molar-refractivity contribution >= 4 is 0 Å². The fourth-order valence-corrected chi connectivity index (χ4v) is 2.38. The Hall–Kier alpha value is -2.04. The summed E-state index contributed by atoms with van der Waals surface area (Å²) in [5.41, 5.74) is 6.25. The third kappa shape index (κ3) is 2.86. The number of nitrogens with two attached hydrogens (primary N) is 1. The molecule has 0 heterocycles. The van der Waals surface area contributed by atoms with E-state index >= 15 is 0 Å². The van der Waals surface area contributed by atoms with Gasteiger partial charge in [0.15, 0.2) is 0 Å². The molecule has 1 unspecified atom stereocenters. The molecule has 21 heavy (non-hydrogen) atoms. The van der Waals surface area contributed by atoms with Gasteiger partial charge in [0.2, 0.25) is 0 Å². The summed E-state index contributed by atoms with van der Waals surface area (Å²) >= 11 is 0. The van der Waals surface area contributed by atoms with Gasteiger partial charge < -0.3 is 20.3 Å². The summed E-state index contributed by atoms with van der Waals surface area (Å²) in [4.78, 5) is 0. The number of methoxy groups -OCH3 is 2. The van der Waals surface area contributed by atoms with E-state index in [1.165, 1.54) is 0 Å². The molecule has 0 amide bonds. The maximum Gasteiger partial charge on any atom is 0.129 e. The van der Waals surface area contributed by atoms with E-state index in [4.69, 9.17) is 15.2 Å². The minimum absolute atomic E-state index is 0.473. The molecule has 0 aromatic heterocycles. The van der Waals surface area contributed by atoms with Crippen LogP contribution in [0.2, 0.25) is 0 Å². The molecular weight excluding hydrogens is 266 g/mol. The Labute approximate surface area is 125 Å². The maximum absolute atomic E-state index is 11.2. The van der Waals surface area contributed by atoms with Crippen LogP contribution in [0.3, 0.4) is 0 Å². The zero-order valence-electron chi connectivity index (χ0n) is 12.5. The lowest BCUT2D eigenvalue weighted by Gasteiger charge is -2.33. The smallest absolute Gasteiger partial charge is 0.129 e. The number of ether oxygens (including phenoxy) is 2. The fraction of sp³-hybridized carbons (Fsp3) is 0.294. The Morgan fingerprint density at radius 1 is 0.857 bits per heavy atom. The van der Waals surface area contributed by atoms with Crippen molar-refractivity contribution in [3.05, 3.63) is 59.7 Å². The van der Waals surface area contributed by atoms with Crippen molar-refractivity contribution in [3.63, 3.8) is 0 Å². The lowest BCUT2D eigenvalue weighted by atomic mass is 9.81. The van der Waals surface area contributed by atoms with Gasteiger partial charge in [-0.2, -0.15) is 0 Å². The number of hydrogen-bond donors (Lipinski definition) is 2. The van der Waals surface area contributed by atoms with Crippen molar-refractivity contribution in [2.75, 3.05) is 14.2 Å². The third-order valence-corrected chi connectivity index (χ3v) is 3.72. The molecule has 0 aliphatic carbocycles. The molecular formula is C17H21NO3. The van der Waals surface area contributed by atoms with E-state index in [9.17, 15) is 5.11 Å². The molecule has 0 fully saturated rings. The van der Waals surface area contributed by atoms with Crippen molar-refractivity contribution < 1.29 is 14.6 Å². The zero-order chi connectivity index (χ0) is 15.5. The highest BCUT2D eigenvalue weighted by Gasteiger charge is 2.35. The van der Waals surface area contributed by atoms with Gasteiger partial charge in [-0.15, -0.1) is 0 Å². The van der Waals surface area contributed by atoms with E-state index in [-0.39, 0.29) is 0 Å². The van der Waals surface area contributed by atoms with Gasteiger partial charge in [-0.3, -0.25) is 0 Å². The summed E-state index contributed by atoms with van der Waals surface area (Å²) in [6, 6.07) is 14.1. The quantitative estimate of drug-likeness (QED) is 0.885. The van der Waals surface area contributed by atoms with E-state index in [2.05, 4.69) is 0 Å². The van der Waals surface area contributed by atoms with Crippen molar-refractivity contribution in [1.82, 2.24) is 0 Å². The first-order valence-electron chi connectivity index (χ1n) is 6.79. The predicted molar refractivity (Wildman–Crippen MR) is 82.6 cm³/mol. The van der Waals surface area contributed by atoms with Crippen molar-refractivity contribution in [2.24, 2.45) is 5.73 Å². The Morgan fingerprint density at radius 2 is 1.19 bits per heavy atom. The van der Waals surface area contributed by atoms with Crippen LogP contribution in [-0.2, 0) is 5.60 Å². The van der Waals surface area contributed by atoms with Crippen LogP contribution in [0.15, 0.2) is 48.5 Å². The Balaban J connectivity index is 2.47. The van der Waals surface area contributed by atoms with Gasteiger partial charge >= 0.3 is 0 Å². The highest BCUT2D eigenvalue weighted by molar-refractivity contribution is 5.42. The van der Waals surface area contributed by atoms with Crippen molar-refractivity contribution in [1.29, 1.82) is 0 Å². The molecule has 0 bridgehead atoms. The Bertz CT molecular complexity index is 528. The molecule has 0 saturated heterocycles. The van der Waals surface area contributed by atoms with Gasteiger partial charge in [-0.1, -0.05) is 24.3 Å². The normalized spacial score (nSPS) is 12.8. The van der Waals surface area contributed by atoms with Crippen LogP contribution < -0.4 is 15.2 Å². The topological polar surface area (TPSA) is 64.7 Å². The molecule has 4 nitrogen and oxygen atoms in total. The predicted octanol–water partition coefficient (Wildman–Crippen LogP) is 2.29. The van der Waals surface area contributed by atoms with E-state index in [0.29, 0.717) is 0 Å². The molecule has 112 valence electrons. The summed E-state index contributed by atoms with van der Waals surface area (Å²) in [6.07, 6.45) is 0. The third-order valence-electron chi connectivity index (χ3n) is 3.72. The molecule has 3 N–H and O–H groups in total. The molecule has 2 rings (SSSR count). The van der Waals surface area contributed by atoms with Crippen molar-refractivity contribution in [2.45, 2.75) is 18.6 Å². The SMILES string of the molecule is COc1ccc(C(O)(c2ccc(OC)cc2)C(C)N)cc1. The fourth-order valence-electron chi connectivity index (χ4n) is 2.38. The molecule has 1 atom stereocenters. The lowest BCUT2D eigenvalue weighted by molar-refractivity contribution is 0.0578. The molecule has 0 saturated carbocycles. The first kappa shape index (κ1) is 15.4. The molecule has 0 spiro atoms. The van der Waals surface area contributed by atoms with Crippen LogP contribution in [0.4, 0.5) is 0 Å². The molecule has 0 radical (unpaired) electrons. The number of hydrogen-bond acceptors (Lipinski definition) is 4. The number of benzene rings is 2. The van der Waals surface area contributed by atoms with Gasteiger partial charge in [-0.05, 0) is 42.3 Å². The highest BCUT2D eigenvalue weighted by Crippen LogP contribution is 2.34. The average molecular weight is 287 g/mol. The average Bonchev–Trinajstić information content (AvgIpc) is 2.54. The van der Waals surface area contributed by atoms with E-state index in [1.807, 2.05) is 48.5 Å². The van der Waals surface area contributed by atoms with Crippen LogP contribution in [0.1, 0.15) is 18.1 Å². The Kier molecular flexibility index (Phi) is 4.50. The minimum Gasteiger partial charge on any atom is -0.497 e. The zero-order valence-corrected chi connectivity index (χ0v) is 12.5. The number of aliphatic hydroxyl groups is 1. The summed E-state index contributed by atoms with van der Waals surface area (Å²) in [5.74, 6) is 1.47. The lowest BCUT2D eigenvalue weighted by Crippen LogP contribution is -2.44. The Morgan fingerprint density at radius 3 is 1.43 bits per heavy atom. The van der Waals surface area contributed by atoms with Crippen LogP contribution in [0.25, 0.3) is 0 Å². The van der Waals surface area contributed by atoms with Crippen LogP contribution in [0.5, 0.6) is 11.5 Å². The second kappa shape index (κ2) is 6.16. The standard InChI is InChI=1S/C17H21NO3/c1-12(18)17(19,13-4-8-15(20-2)9-5-13)14-6-10-16(21-3)11-7-14/h4-12,19H,18H2,1-3H3. The summed E-state index contributed by atoms with van der Waals surface area (Å²) in [6.45, 7) is 1.79. The van der Waals surface area contributed by atoms with Gasteiger partial charge in [0, 0.05) is 6.04 Å². The van der Waals surface area contributed by atoms with Gasteiger partial charge in [0.25, 0.3) is 0 Å². The molecule has 4 heteroatoms. The largest absolute Gasteiger partial charge is 0.497 e. The first-order valence-corrected chi connectivity index (χ1v) is 6.79. The summed E-state index contributed by atoms with van der Waals surface area (Å²) in [5, 5.41) is 11.2. The molecule has 0 aliphatic rings. The molecule has 2 aromatic carbocycles. The molecule has 0 aliphatic heterocycles. The number of rotatable bonds is 5. The van der Waals surface area contributed by atoms with E-state index < -0.39 is 11.6 Å². The second-order valence-electron chi connectivity index (χ2n) is 5.01. The van der Waals surface area contributed by atoms with E-state index in [0.717, 1.165) is 22.6 Å². The summed E-state index contributed by atoms with van der Waals surface area (Å²) in [7, 11) is 3.21. The first-order chi connectivity index (χ1) is 10.0. The summed E-state index contributed by atoms with van der Waals surface area (Å²) < 4.78 is 10.3. The van der Waals surface area contributed by atoms with Gasteiger partial charge in [0.1, 0.15) is 17.1 Å². The van der Waals surface area contributed by atoms with Crippen molar-refractivity contribution in [3.8, 4) is 11.5 Å². The van der Waals surface area contributed by atoms with Gasteiger partial charge in [0.05, 0.1) is 14.2 Å². The van der Waals surface area contributed by atoms with Gasteiger partial charge in [-0.25, -0.2) is 0 Å². The van der Waals surface area contributed by atoms with E-state index in [1.54, 1.807) is 21.1 Å². The molecule has 2 aromatic rings. The maximum atomic E-state index is 11.2. The highest BCUT2D eigenvalue weighted by atomic mass is 16.5. The second-order valence-corrected chi connectivity index (χ2v) is 5.01. The minimum atomic E-state index is -1.27. The monoisotopic (exact) mass is 287 g/mol. The van der Waals surface area contributed by atoms with Crippen LogP contribution >= 0.6 is 0 Å².